The molecule has 0 aromatic heterocycles. The van der Waals surface area contributed by atoms with Crippen LogP contribution in [0, 0.1) is 0 Å². The molecular weight excluding hydrogens is 498 g/mol. The third-order valence-corrected chi connectivity index (χ3v) is 11.2. The van der Waals surface area contributed by atoms with E-state index in [1.165, 1.54) is 15.5 Å². The predicted molar refractivity (Wildman–Crippen MR) is 138 cm³/mol. The summed E-state index contributed by atoms with van der Waals surface area (Å²) in [6.07, 6.45) is 0. The molecule has 2 aliphatic heterocycles. The van der Waals surface area contributed by atoms with Gasteiger partial charge in [0.1, 0.15) is 0 Å². The van der Waals surface area contributed by atoms with Crippen LogP contribution in [0.5, 0.6) is 0 Å². The summed E-state index contributed by atoms with van der Waals surface area (Å²) in [4.78, 5) is 13.8. The van der Waals surface area contributed by atoms with Crippen molar-refractivity contribution < 1.29 is 21.6 Å². The van der Waals surface area contributed by atoms with E-state index < -0.39 is 31.0 Å². The summed E-state index contributed by atoms with van der Waals surface area (Å²) in [5, 5.41) is 0. The van der Waals surface area contributed by atoms with E-state index in [2.05, 4.69) is 0 Å². The van der Waals surface area contributed by atoms with Crippen LogP contribution in [0.4, 0.5) is 0 Å². The van der Waals surface area contributed by atoms with E-state index in [1.807, 2.05) is 52.8 Å². The van der Waals surface area contributed by atoms with Crippen LogP contribution in [0.2, 0.25) is 0 Å². The molecule has 8 nitrogen and oxygen atoms in total. The minimum Gasteiger partial charge on any atom is -0.340 e. The quantitative estimate of drug-likeness (QED) is 0.601. The van der Waals surface area contributed by atoms with E-state index in [0.717, 1.165) is 5.56 Å². The lowest BCUT2D eigenvalue weighted by Crippen LogP contribution is -2.50. The normalized spacial score (nSPS) is 20.3. The van der Waals surface area contributed by atoms with Crippen molar-refractivity contribution in [3.8, 4) is 0 Å². The maximum atomic E-state index is 13.8. The molecule has 2 aromatic carbocycles. The summed E-state index contributed by atoms with van der Waals surface area (Å²) in [5.74, 6) is -0.0696. The van der Waals surface area contributed by atoms with Crippen molar-refractivity contribution in [3.63, 3.8) is 0 Å². The number of carbonyl (C=O) groups is 1. The molecule has 0 unspecified atom stereocenters. The zero-order valence-electron chi connectivity index (χ0n) is 21.8. The Bertz CT molecular complexity index is 1400. The number of hydrogen-bond donors (Lipinski definition) is 0. The monoisotopic (exact) mass is 533 g/mol. The van der Waals surface area contributed by atoms with E-state index in [-0.39, 0.29) is 35.3 Å². The molecule has 0 atom stereocenters. The van der Waals surface area contributed by atoms with Crippen molar-refractivity contribution in [1.82, 2.24) is 13.5 Å². The number of fused-ring (bicyclic) bond motifs is 1. The molecule has 1 fully saturated rings. The molecular formula is C26H35N3O5S2. The summed E-state index contributed by atoms with van der Waals surface area (Å²) in [5.41, 5.74) is 0.783. The standard InChI is InChI=1S/C26H35N3O5S2/c1-19(30)27-13-15-28(16-14-27)35(31,32)24-17-20(11-12-21(24)25(2,3)4)18-29-26(5,6)22-9-7-8-10-23(22)36(29,33)34/h7-12,17H,13-16,18H2,1-6H3. The molecule has 196 valence electrons. The third kappa shape index (κ3) is 4.49. The van der Waals surface area contributed by atoms with E-state index in [0.29, 0.717) is 24.2 Å². The molecule has 36 heavy (non-hydrogen) atoms. The first-order valence-electron chi connectivity index (χ1n) is 12.1. The molecule has 0 radical (unpaired) electrons. The van der Waals surface area contributed by atoms with Crippen LogP contribution in [0.15, 0.2) is 52.3 Å². The van der Waals surface area contributed by atoms with Crippen molar-refractivity contribution in [2.75, 3.05) is 26.2 Å². The van der Waals surface area contributed by atoms with Gasteiger partial charge in [0.2, 0.25) is 26.0 Å². The lowest BCUT2D eigenvalue weighted by molar-refractivity contribution is -0.129. The summed E-state index contributed by atoms with van der Waals surface area (Å²) >= 11 is 0. The van der Waals surface area contributed by atoms with Crippen molar-refractivity contribution in [2.24, 2.45) is 0 Å². The van der Waals surface area contributed by atoms with Crippen molar-refractivity contribution in [2.45, 2.75) is 68.8 Å². The van der Waals surface area contributed by atoms with Gasteiger partial charge in [-0.1, -0.05) is 51.1 Å². The van der Waals surface area contributed by atoms with E-state index in [9.17, 15) is 21.6 Å². The second-order valence-electron chi connectivity index (χ2n) is 11.1. The van der Waals surface area contributed by atoms with E-state index in [4.69, 9.17) is 0 Å². The van der Waals surface area contributed by atoms with Gasteiger partial charge >= 0.3 is 0 Å². The Balaban J connectivity index is 1.73. The van der Waals surface area contributed by atoms with Crippen molar-refractivity contribution in [3.05, 3.63) is 59.2 Å². The second kappa shape index (κ2) is 8.93. The highest BCUT2D eigenvalue weighted by molar-refractivity contribution is 7.89. The number of amides is 1. The Morgan fingerprint density at radius 3 is 2.17 bits per heavy atom. The zero-order valence-corrected chi connectivity index (χ0v) is 23.4. The molecule has 1 amide bonds. The summed E-state index contributed by atoms with van der Waals surface area (Å²) < 4.78 is 57.4. The van der Waals surface area contributed by atoms with Crippen molar-refractivity contribution >= 4 is 26.0 Å². The van der Waals surface area contributed by atoms with Crippen LogP contribution in [-0.2, 0) is 42.3 Å². The Hall–Kier alpha value is -2.27. The predicted octanol–water partition coefficient (Wildman–Crippen LogP) is 3.28. The minimum atomic E-state index is -3.86. The molecule has 2 aromatic rings. The molecule has 0 bridgehead atoms. The van der Waals surface area contributed by atoms with Gasteiger partial charge in [0.15, 0.2) is 0 Å². The largest absolute Gasteiger partial charge is 0.340 e. The van der Waals surface area contributed by atoms with Crippen LogP contribution in [0.25, 0.3) is 0 Å². The van der Waals surface area contributed by atoms with E-state index >= 15 is 0 Å². The number of sulfonamides is 2. The summed E-state index contributed by atoms with van der Waals surface area (Å²) in [6, 6.07) is 12.2. The average Bonchev–Trinajstić information content (AvgIpc) is 2.96. The third-order valence-electron chi connectivity index (χ3n) is 7.22. The highest BCUT2D eigenvalue weighted by atomic mass is 32.2. The first-order valence-corrected chi connectivity index (χ1v) is 15.0. The van der Waals surface area contributed by atoms with Crippen LogP contribution in [0.1, 0.15) is 58.2 Å². The fourth-order valence-corrected chi connectivity index (χ4v) is 9.06. The molecule has 0 N–H and O–H groups in total. The fourth-order valence-electron chi connectivity index (χ4n) is 5.08. The van der Waals surface area contributed by atoms with Crippen molar-refractivity contribution in [1.29, 1.82) is 0 Å². The highest BCUT2D eigenvalue weighted by Gasteiger charge is 2.48. The van der Waals surface area contributed by atoms with Gasteiger partial charge in [-0.15, -0.1) is 0 Å². The first-order chi connectivity index (χ1) is 16.6. The summed E-state index contributed by atoms with van der Waals surface area (Å²) in [7, 11) is -7.60. The van der Waals surface area contributed by atoms with Crippen LogP contribution >= 0.6 is 0 Å². The number of hydrogen-bond acceptors (Lipinski definition) is 5. The Kier molecular flexibility index (Phi) is 6.65. The number of carbonyl (C=O) groups excluding carboxylic acids is 1. The van der Waals surface area contributed by atoms with Gasteiger partial charge in [0, 0.05) is 39.6 Å². The number of piperazine rings is 1. The second-order valence-corrected chi connectivity index (χ2v) is 14.8. The fraction of sp³-hybridized carbons (Fsp3) is 0.500. The van der Waals surface area contributed by atoms with Gasteiger partial charge in [-0.2, -0.15) is 8.61 Å². The lowest BCUT2D eigenvalue weighted by Gasteiger charge is -2.35. The number of rotatable bonds is 4. The Morgan fingerprint density at radius 1 is 1.00 bits per heavy atom. The maximum absolute atomic E-state index is 13.8. The van der Waals surface area contributed by atoms with Gasteiger partial charge in [-0.05, 0) is 48.1 Å². The zero-order chi connectivity index (χ0) is 26.7. The van der Waals surface area contributed by atoms with Gasteiger partial charge in [0.05, 0.1) is 15.3 Å². The van der Waals surface area contributed by atoms with Crippen LogP contribution in [-0.4, -0.2) is 62.4 Å². The topological polar surface area (TPSA) is 95.1 Å². The molecule has 2 aliphatic rings. The molecule has 0 saturated carbocycles. The van der Waals surface area contributed by atoms with Gasteiger partial charge in [-0.25, -0.2) is 16.8 Å². The highest BCUT2D eigenvalue weighted by Crippen LogP contribution is 2.44. The molecule has 4 rings (SSSR count). The lowest BCUT2D eigenvalue weighted by atomic mass is 9.86. The van der Waals surface area contributed by atoms with Gasteiger partial charge < -0.3 is 4.90 Å². The molecule has 0 spiro atoms. The van der Waals surface area contributed by atoms with Gasteiger partial charge in [-0.3, -0.25) is 4.79 Å². The molecule has 2 heterocycles. The number of benzene rings is 2. The molecule has 10 heteroatoms. The first kappa shape index (κ1) is 26.8. The van der Waals surface area contributed by atoms with E-state index in [1.54, 1.807) is 29.2 Å². The van der Waals surface area contributed by atoms with Gasteiger partial charge in [0.25, 0.3) is 0 Å². The minimum absolute atomic E-state index is 0.0507. The number of nitrogens with zero attached hydrogens (tertiary/aromatic N) is 3. The average molecular weight is 534 g/mol. The van der Waals surface area contributed by atoms with Crippen LogP contribution < -0.4 is 0 Å². The smallest absolute Gasteiger partial charge is 0.244 e. The Labute approximate surface area is 215 Å². The maximum Gasteiger partial charge on any atom is 0.244 e. The molecule has 1 saturated heterocycles. The SMILES string of the molecule is CC(=O)N1CCN(S(=O)(=O)c2cc(CN3C(C)(C)c4ccccc4S3(=O)=O)ccc2C(C)(C)C)CC1. The summed E-state index contributed by atoms with van der Waals surface area (Å²) in [6.45, 7) is 12.3. The Morgan fingerprint density at radius 2 is 1.61 bits per heavy atom. The van der Waals surface area contributed by atoms with Crippen LogP contribution in [0.3, 0.4) is 0 Å². The molecule has 0 aliphatic carbocycles.